The number of piperazine rings is 1. The van der Waals surface area contributed by atoms with Gasteiger partial charge in [0.15, 0.2) is 5.69 Å². The van der Waals surface area contributed by atoms with Crippen molar-refractivity contribution < 1.29 is 18.0 Å². The summed E-state index contributed by atoms with van der Waals surface area (Å²) in [6.07, 6.45) is -4.66. The van der Waals surface area contributed by atoms with Crippen LogP contribution in [0.4, 0.5) is 13.2 Å². The SMILES string of the molecule is Cc1c(Cl)c(C(F)(F)F)nn1CC(=O)N1CCN(Cc2ccc(Cl)cc2Cl)CC1. The number of rotatable bonds is 4. The van der Waals surface area contributed by atoms with Gasteiger partial charge in [0.25, 0.3) is 0 Å². The van der Waals surface area contributed by atoms with Gasteiger partial charge in [-0.1, -0.05) is 40.9 Å². The fraction of sp³-hybridized carbons (Fsp3) is 0.444. The zero-order valence-corrected chi connectivity index (χ0v) is 17.7. The molecule has 0 spiro atoms. The Morgan fingerprint density at radius 2 is 1.79 bits per heavy atom. The van der Waals surface area contributed by atoms with Crippen molar-refractivity contribution in [2.75, 3.05) is 26.2 Å². The Hall–Kier alpha value is -1.48. The van der Waals surface area contributed by atoms with Gasteiger partial charge in [0.1, 0.15) is 6.54 Å². The maximum absolute atomic E-state index is 12.9. The Balaban J connectivity index is 1.58. The largest absolute Gasteiger partial charge is 0.436 e. The van der Waals surface area contributed by atoms with Gasteiger partial charge >= 0.3 is 6.18 Å². The lowest BCUT2D eigenvalue weighted by atomic mass is 10.2. The zero-order chi connectivity index (χ0) is 21.3. The monoisotopic (exact) mass is 468 g/mol. The highest BCUT2D eigenvalue weighted by atomic mass is 35.5. The molecule has 3 rings (SSSR count). The minimum atomic E-state index is -4.66. The molecule has 0 aliphatic carbocycles. The Bertz CT molecular complexity index is 908. The Kier molecular flexibility index (Phi) is 6.67. The molecule has 0 N–H and O–H groups in total. The third kappa shape index (κ3) is 5.17. The number of amides is 1. The van der Waals surface area contributed by atoms with E-state index in [0.717, 1.165) is 10.2 Å². The summed E-state index contributed by atoms with van der Waals surface area (Å²) in [6, 6.07) is 5.32. The van der Waals surface area contributed by atoms with Crippen LogP contribution in [-0.4, -0.2) is 51.7 Å². The molecule has 0 atom stereocenters. The van der Waals surface area contributed by atoms with E-state index in [9.17, 15) is 18.0 Å². The highest BCUT2D eigenvalue weighted by molar-refractivity contribution is 6.35. The number of benzene rings is 1. The molecule has 1 aliphatic rings. The van der Waals surface area contributed by atoms with E-state index in [1.54, 1.807) is 17.0 Å². The fourth-order valence-electron chi connectivity index (χ4n) is 3.13. The van der Waals surface area contributed by atoms with Crippen LogP contribution in [0.1, 0.15) is 17.0 Å². The molecule has 0 radical (unpaired) electrons. The predicted octanol–water partition coefficient (Wildman–Crippen LogP) is 4.51. The maximum atomic E-state index is 12.9. The Morgan fingerprint density at radius 3 is 2.34 bits per heavy atom. The summed E-state index contributed by atoms with van der Waals surface area (Å²) >= 11 is 17.8. The summed E-state index contributed by atoms with van der Waals surface area (Å²) in [5.41, 5.74) is -0.116. The van der Waals surface area contributed by atoms with Crippen LogP contribution >= 0.6 is 34.8 Å². The van der Waals surface area contributed by atoms with Crippen LogP contribution in [-0.2, 0) is 24.1 Å². The first-order chi connectivity index (χ1) is 13.6. The van der Waals surface area contributed by atoms with Gasteiger partial charge in [-0.15, -0.1) is 0 Å². The molecule has 0 saturated carbocycles. The molecule has 2 heterocycles. The lowest BCUT2D eigenvalue weighted by molar-refractivity contribution is -0.142. The van der Waals surface area contributed by atoms with Crippen LogP contribution in [0, 0.1) is 6.92 Å². The second kappa shape index (κ2) is 8.71. The van der Waals surface area contributed by atoms with Gasteiger partial charge in [-0.05, 0) is 24.6 Å². The second-order valence-electron chi connectivity index (χ2n) is 6.80. The van der Waals surface area contributed by atoms with Crippen LogP contribution in [0.5, 0.6) is 0 Å². The number of carbonyl (C=O) groups is 1. The first-order valence-corrected chi connectivity index (χ1v) is 9.94. The molecule has 1 aliphatic heterocycles. The fourth-order valence-corrected chi connectivity index (χ4v) is 3.84. The van der Waals surface area contributed by atoms with Crippen molar-refractivity contribution >= 4 is 40.7 Å². The van der Waals surface area contributed by atoms with E-state index in [1.807, 2.05) is 6.07 Å². The number of alkyl halides is 3. The average Bonchev–Trinajstić information content (AvgIpc) is 2.93. The van der Waals surface area contributed by atoms with Gasteiger partial charge in [0.2, 0.25) is 5.91 Å². The predicted molar refractivity (Wildman–Crippen MR) is 105 cm³/mol. The van der Waals surface area contributed by atoms with Crippen molar-refractivity contribution in [3.63, 3.8) is 0 Å². The average molecular weight is 470 g/mol. The molecular formula is C18H18Cl3F3N4O. The van der Waals surface area contributed by atoms with Crippen LogP contribution in [0.2, 0.25) is 15.1 Å². The van der Waals surface area contributed by atoms with Crippen molar-refractivity contribution in [2.24, 2.45) is 0 Å². The van der Waals surface area contributed by atoms with Gasteiger partial charge in [-0.25, -0.2) is 0 Å². The molecule has 1 amide bonds. The molecular weight excluding hydrogens is 452 g/mol. The highest BCUT2D eigenvalue weighted by Crippen LogP contribution is 2.35. The number of hydrogen-bond acceptors (Lipinski definition) is 3. The lowest BCUT2D eigenvalue weighted by Crippen LogP contribution is -2.49. The number of hydrogen-bond donors (Lipinski definition) is 0. The number of carbonyl (C=O) groups excluding carboxylic acids is 1. The third-order valence-corrected chi connectivity index (χ3v) is 5.86. The Morgan fingerprint density at radius 1 is 1.14 bits per heavy atom. The van der Waals surface area contributed by atoms with Crippen molar-refractivity contribution in [3.05, 3.63) is 50.2 Å². The standard InChI is InChI=1S/C18H18Cl3F3N4O/c1-11-16(21)17(18(22,23)24)25-28(11)10-15(29)27-6-4-26(5-7-27)9-12-2-3-13(19)8-14(12)20/h2-3,8H,4-7,9-10H2,1H3. The van der Waals surface area contributed by atoms with Crippen LogP contribution in [0.3, 0.4) is 0 Å². The number of aromatic nitrogens is 2. The molecule has 1 aromatic carbocycles. The van der Waals surface area contributed by atoms with Gasteiger partial charge < -0.3 is 4.90 Å². The summed E-state index contributed by atoms with van der Waals surface area (Å²) in [5, 5.41) is 4.15. The molecule has 29 heavy (non-hydrogen) atoms. The van der Waals surface area contributed by atoms with E-state index in [4.69, 9.17) is 34.8 Å². The molecule has 1 saturated heterocycles. The van der Waals surface area contributed by atoms with Crippen molar-refractivity contribution in [1.82, 2.24) is 19.6 Å². The molecule has 1 fully saturated rings. The van der Waals surface area contributed by atoms with Gasteiger partial charge in [-0.2, -0.15) is 18.3 Å². The van der Waals surface area contributed by atoms with E-state index in [0.29, 0.717) is 42.8 Å². The van der Waals surface area contributed by atoms with Gasteiger partial charge in [-0.3, -0.25) is 14.4 Å². The normalized spacial score (nSPS) is 15.8. The van der Waals surface area contributed by atoms with Gasteiger partial charge in [0, 0.05) is 42.8 Å². The molecule has 0 unspecified atom stereocenters. The molecule has 2 aromatic rings. The zero-order valence-electron chi connectivity index (χ0n) is 15.4. The molecule has 1 aromatic heterocycles. The van der Waals surface area contributed by atoms with E-state index in [2.05, 4.69) is 10.00 Å². The number of nitrogens with zero attached hydrogens (tertiary/aromatic N) is 4. The first kappa shape index (κ1) is 22.2. The van der Waals surface area contributed by atoms with Crippen LogP contribution in [0.15, 0.2) is 18.2 Å². The summed E-state index contributed by atoms with van der Waals surface area (Å²) in [5.74, 6) is -0.301. The number of halogens is 6. The van der Waals surface area contributed by atoms with E-state index in [-0.39, 0.29) is 18.1 Å². The topological polar surface area (TPSA) is 41.4 Å². The highest BCUT2D eigenvalue weighted by Gasteiger charge is 2.38. The van der Waals surface area contributed by atoms with Crippen LogP contribution < -0.4 is 0 Å². The molecule has 5 nitrogen and oxygen atoms in total. The molecule has 0 bridgehead atoms. The summed E-state index contributed by atoms with van der Waals surface area (Å²) in [4.78, 5) is 16.3. The smallest absolute Gasteiger partial charge is 0.339 e. The Labute approximate surface area is 180 Å². The molecule has 158 valence electrons. The van der Waals surface area contributed by atoms with Crippen molar-refractivity contribution in [3.8, 4) is 0 Å². The van der Waals surface area contributed by atoms with E-state index >= 15 is 0 Å². The van der Waals surface area contributed by atoms with E-state index in [1.165, 1.54) is 6.92 Å². The minimum absolute atomic E-state index is 0.114. The second-order valence-corrected chi connectivity index (χ2v) is 8.02. The summed E-state index contributed by atoms with van der Waals surface area (Å²) in [6.45, 7) is 3.92. The quantitative estimate of drug-likeness (QED) is 0.661. The first-order valence-electron chi connectivity index (χ1n) is 8.80. The third-order valence-electron chi connectivity index (χ3n) is 4.82. The van der Waals surface area contributed by atoms with Crippen molar-refractivity contribution in [1.29, 1.82) is 0 Å². The van der Waals surface area contributed by atoms with Crippen LogP contribution in [0.25, 0.3) is 0 Å². The summed E-state index contributed by atoms with van der Waals surface area (Å²) in [7, 11) is 0. The van der Waals surface area contributed by atoms with Crippen molar-refractivity contribution in [2.45, 2.75) is 26.2 Å². The summed E-state index contributed by atoms with van der Waals surface area (Å²) < 4.78 is 39.8. The molecule has 11 heteroatoms. The maximum Gasteiger partial charge on any atom is 0.436 e. The lowest BCUT2D eigenvalue weighted by Gasteiger charge is -2.35. The minimum Gasteiger partial charge on any atom is -0.339 e. The van der Waals surface area contributed by atoms with Gasteiger partial charge in [0.05, 0.1) is 10.7 Å². The van der Waals surface area contributed by atoms with E-state index < -0.39 is 16.9 Å².